The van der Waals surface area contributed by atoms with E-state index < -0.39 is 0 Å². The molecule has 1 heterocycles. The first kappa shape index (κ1) is 25.7. The number of aryl methyl sites for hydroxylation is 1. The highest BCUT2D eigenvalue weighted by atomic mass is 79.9. The van der Waals surface area contributed by atoms with Crippen molar-refractivity contribution in [1.82, 2.24) is 9.66 Å². The molecule has 0 N–H and O–H groups in total. The lowest BCUT2D eigenvalue weighted by Gasteiger charge is -2.15. The Bertz CT molecular complexity index is 1490. The SMILES string of the molecule is CCc1nc2ccc(Br)cc2c(=O)n1N=Cc1cc(OC)c(OCc2ccc(Cl)cc2)c(Cl)c1Br. The van der Waals surface area contributed by atoms with Crippen molar-refractivity contribution in [2.45, 2.75) is 20.0 Å². The van der Waals surface area contributed by atoms with Crippen LogP contribution in [0.3, 0.4) is 0 Å². The van der Waals surface area contributed by atoms with Gasteiger partial charge in [-0.25, -0.2) is 4.98 Å². The summed E-state index contributed by atoms with van der Waals surface area (Å²) in [5, 5.41) is 5.88. The van der Waals surface area contributed by atoms with Crippen molar-refractivity contribution in [3.8, 4) is 11.5 Å². The van der Waals surface area contributed by atoms with E-state index in [0.717, 1.165) is 10.0 Å². The highest BCUT2D eigenvalue weighted by Crippen LogP contribution is 2.42. The Morgan fingerprint density at radius 3 is 2.54 bits per heavy atom. The van der Waals surface area contributed by atoms with E-state index in [9.17, 15) is 4.79 Å². The first-order valence-electron chi connectivity index (χ1n) is 10.5. The Hall–Kier alpha value is -2.39. The molecule has 0 fully saturated rings. The van der Waals surface area contributed by atoms with E-state index in [1.165, 1.54) is 18.0 Å². The zero-order chi connectivity index (χ0) is 25.1. The van der Waals surface area contributed by atoms with Crippen LogP contribution in [0.5, 0.6) is 11.5 Å². The number of hydrogen-bond donors (Lipinski definition) is 0. The van der Waals surface area contributed by atoms with Crippen LogP contribution in [-0.4, -0.2) is 23.0 Å². The third-order valence-electron chi connectivity index (χ3n) is 5.18. The van der Waals surface area contributed by atoms with E-state index in [2.05, 4.69) is 41.9 Å². The van der Waals surface area contributed by atoms with Crippen molar-refractivity contribution in [2.75, 3.05) is 7.11 Å². The van der Waals surface area contributed by atoms with Crippen LogP contribution in [0.1, 0.15) is 23.9 Å². The maximum Gasteiger partial charge on any atom is 0.282 e. The first-order chi connectivity index (χ1) is 16.8. The van der Waals surface area contributed by atoms with Gasteiger partial charge in [0, 0.05) is 26.0 Å². The van der Waals surface area contributed by atoms with Crippen molar-refractivity contribution < 1.29 is 9.47 Å². The molecule has 35 heavy (non-hydrogen) atoms. The van der Waals surface area contributed by atoms with Crippen LogP contribution in [-0.2, 0) is 13.0 Å². The maximum absolute atomic E-state index is 13.1. The fourth-order valence-electron chi connectivity index (χ4n) is 3.38. The molecular weight excluding hydrogens is 621 g/mol. The summed E-state index contributed by atoms with van der Waals surface area (Å²) in [6.45, 7) is 2.20. The van der Waals surface area contributed by atoms with E-state index in [1.807, 2.05) is 25.1 Å². The van der Waals surface area contributed by atoms with E-state index in [1.54, 1.807) is 30.3 Å². The quantitative estimate of drug-likeness (QED) is 0.200. The molecule has 6 nitrogen and oxygen atoms in total. The number of methoxy groups -OCH3 is 1. The number of rotatable bonds is 7. The third-order valence-corrected chi connectivity index (χ3v) is 7.36. The number of fused-ring (bicyclic) bond motifs is 1. The second-order valence-electron chi connectivity index (χ2n) is 7.44. The second kappa shape index (κ2) is 11.1. The standard InChI is InChI=1S/C25H19Br2Cl2N3O3/c1-3-21-31-19-9-6-16(26)11-18(19)25(33)32(21)30-12-15-10-20(34-2)24(23(29)22(15)27)35-13-14-4-7-17(28)8-5-14/h4-12H,3,13H2,1-2H3. The van der Waals surface area contributed by atoms with Gasteiger partial charge in [0.05, 0.1) is 24.2 Å². The molecule has 0 radical (unpaired) electrons. The Labute approximate surface area is 228 Å². The average molecular weight is 640 g/mol. The van der Waals surface area contributed by atoms with Crippen molar-refractivity contribution in [1.29, 1.82) is 0 Å². The molecule has 0 bridgehead atoms. The van der Waals surface area contributed by atoms with E-state index in [-0.39, 0.29) is 12.2 Å². The molecule has 0 unspecified atom stereocenters. The fourth-order valence-corrected chi connectivity index (χ4v) is 4.52. The molecule has 4 rings (SSSR count). The largest absolute Gasteiger partial charge is 0.493 e. The summed E-state index contributed by atoms with van der Waals surface area (Å²) in [6, 6.07) is 14.5. The molecule has 180 valence electrons. The Kier molecular flexibility index (Phi) is 8.16. The summed E-state index contributed by atoms with van der Waals surface area (Å²) in [4.78, 5) is 17.7. The van der Waals surface area contributed by atoms with Crippen LogP contribution in [0.15, 0.2) is 67.4 Å². The molecule has 0 aliphatic heterocycles. The van der Waals surface area contributed by atoms with Gasteiger partial charge in [-0.1, -0.05) is 58.2 Å². The Morgan fingerprint density at radius 2 is 1.86 bits per heavy atom. The summed E-state index contributed by atoms with van der Waals surface area (Å²) in [7, 11) is 1.53. The highest BCUT2D eigenvalue weighted by Gasteiger charge is 2.18. The van der Waals surface area contributed by atoms with E-state index >= 15 is 0 Å². The molecule has 0 aliphatic carbocycles. The van der Waals surface area contributed by atoms with Crippen LogP contribution < -0.4 is 15.0 Å². The van der Waals surface area contributed by atoms with Crippen LogP contribution in [0.4, 0.5) is 0 Å². The molecule has 0 saturated carbocycles. The number of aromatic nitrogens is 2. The number of benzene rings is 3. The lowest BCUT2D eigenvalue weighted by atomic mass is 10.2. The van der Waals surface area contributed by atoms with Gasteiger partial charge in [0.2, 0.25) is 0 Å². The molecular formula is C25H19Br2Cl2N3O3. The summed E-state index contributed by atoms with van der Waals surface area (Å²) >= 11 is 19.5. The molecule has 3 aromatic carbocycles. The van der Waals surface area contributed by atoms with Crippen LogP contribution >= 0.6 is 55.1 Å². The molecule has 1 aromatic heterocycles. The van der Waals surface area contributed by atoms with E-state index in [0.29, 0.717) is 54.7 Å². The monoisotopic (exact) mass is 637 g/mol. The smallest absolute Gasteiger partial charge is 0.282 e. The number of nitrogens with zero attached hydrogens (tertiary/aromatic N) is 3. The zero-order valence-electron chi connectivity index (χ0n) is 18.7. The van der Waals surface area contributed by atoms with Gasteiger partial charge in [0.15, 0.2) is 11.5 Å². The minimum absolute atomic E-state index is 0.262. The van der Waals surface area contributed by atoms with Gasteiger partial charge in [-0.2, -0.15) is 9.78 Å². The topological polar surface area (TPSA) is 65.7 Å². The Balaban J connectivity index is 1.70. The van der Waals surface area contributed by atoms with Crippen LogP contribution in [0, 0.1) is 0 Å². The summed E-state index contributed by atoms with van der Waals surface area (Å²) in [6.07, 6.45) is 2.06. The fraction of sp³-hybridized carbons (Fsp3) is 0.160. The lowest BCUT2D eigenvalue weighted by Crippen LogP contribution is -2.22. The number of ether oxygens (including phenoxy) is 2. The molecule has 4 aromatic rings. The Morgan fingerprint density at radius 1 is 1.11 bits per heavy atom. The van der Waals surface area contributed by atoms with Gasteiger partial charge in [0.25, 0.3) is 5.56 Å². The van der Waals surface area contributed by atoms with Gasteiger partial charge in [-0.15, -0.1) is 0 Å². The molecule has 0 atom stereocenters. The van der Waals surface area contributed by atoms with Crippen molar-refractivity contribution in [2.24, 2.45) is 5.10 Å². The van der Waals surface area contributed by atoms with Gasteiger partial charge in [-0.3, -0.25) is 4.79 Å². The molecule has 10 heteroatoms. The summed E-state index contributed by atoms with van der Waals surface area (Å²) in [5.74, 6) is 1.35. The zero-order valence-corrected chi connectivity index (χ0v) is 23.4. The summed E-state index contributed by atoms with van der Waals surface area (Å²) in [5.41, 5.74) is 1.89. The van der Waals surface area contributed by atoms with Crippen LogP contribution in [0.25, 0.3) is 10.9 Å². The maximum atomic E-state index is 13.1. The van der Waals surface area contributed by atoms with Gasteiger partial charge in [0.1, 0.15) is 17.5 Å². The van der Waals surface area contributed by atoms with Crippen molar-refractivity contribution >= 4 is 72.2 Å². The third kappa shape index (κ3) is 5.56. The van der Waals surface area contributed by atoms with Crippen molar-refractivity contribution in [3.05, 3.63) is 94.8 Å². The minimum Gasteiger partial charge on any atom is -0.493 e. The predicted molar refractivity (Wildman–Crippen MR) is 148 cm³/mol. The molecule has 0 amide bonds. The van der Waals surface area contributed by atoms with Crippen LogP contribution in [0.2, 0.25) is 10.0 Å². The molecule has 0 aliphatic rings. The van der Waals surface area contributed by atoms with Gasteiger partial charge in [-0.05, 0) is 57.9 Å². The van der Waals surface area contributed by atoms with E-state index in [4.69, 9.17) is 32.7 Å². The minimum atomic E-state index is -0.262. The number of halogens is 4. The normalized spacial score (nSPS) is 11.4. The van der Waals surface area contributed by atoms with Crippen molar-refractivity contribution in [3.63, 3.8) is 0 Å². The van der Waals surface area contributed by atoms with Gasteiger partial charge < -0.3 is 9.47 Å². The first-order valence-corrected chi connectivity index (χ1v) is 12.8. The second-order valence-corrected chi connectivity index (χ2v) is 9.97. The predicted octanol–water partition coefficient (Wildman–Crippen LogP) is 7.26. The van der Waals surface area contributed by atoms with Gasteiger partial charge >= 0.3 is 0 Å². The molecule has 0 spiro atoms. The lowest BCUT2D eigenvalue weighted by molar-refractivity contribution is 0.284. The average Bonchev–Trinajstić information content (AvgIpc) is 2.86. The summed E-state index contributed by atoms with van der Waals surface area (Å²) < 4.78 is 14.1. The number of hydrogen-bond acceptors (Lipinski definition) is 5. The highest BCUT2D eigenvalue weighted by molar-refractivity contribution is 9.10. The molecule has 0 saturated heterocycles.